The van der Waals surface area contributed by atoms with Crippen LogP contribution in [-0.2, 0) is 0 Å². The van der Waals surface area contributed by atoms with E-state index in [9.17, 15) is 0 Å². The van der Waals surface area contributed by atoms with E-state index >= 15 is 0 Å². The van der Waals surface area contributed by atoms with E-state index in [1.807, 2.05) is 32.9 Å². The van der Waals surface area contributed by atoms with Crippen molar-refractivity contribution >= 4 is 29.1 Å². The van der Waals surface area contributed by atoms with Crippen LogP contribution in [0.4, 0.5) is 11.4 Å². The van der Waals surface area contributed by atoms with Crippen molar-refractivity contribution in [2.24, 2.45) is 10.1 Å². The molecule has 1 heterocycles. The number of hydrazone groups is 1. The van der Waals surface area contributed by atoms with Gasteiger partial charge in [0.1, 0.15) is 5.71 Å². The summed E-state index contributed by atoms with van der Waals surface area (Å²) in [6.07, 6.45) is 1.66. The molecule has 0 saturated carbocycles. The third-order valence-corrected chi connectivity index (χ3v) is 3.61. The molecule has 1 aliphatic rings. The van der Waals surface area contributed by atoms with Crippen LogP contribution in [0.5, 0.6) is 0 Å². The Kier molecular flexibility index (Phi) is 4.64. The lowest BCUT2D eigenvalue weighted by Crippen LogP contribution is -2.40. The second kappa shape index (κ2) is 6.30. The van der Waals surface area contributed by atoms with Gasteiger partial charge in [-0.2, -0.15) is 5.10 Å². The van der Waals surface area contributed by atoms with Crippen molar-refractivity contribution < 1.29 is 0 Å². The first kappa shape index (κ1) is 16.2. The van der Waals surface area contributed by atoms with Gasteiger partial charge in [0.05, 0.1) is 17.4 Å². The first-order valence-corrected chi connectivity index (χ1v) is 7.73. The highest BCUT2D eigenvalue weighted by molar-refractivity contribution is 6.63. The topological polar surface area (TPSA) is 55.1 Å². The predicted octanol–water partition coefficient (Wildman–Crippen LogP) is 3.68. The molecule has 0 aromatic heterocycles. The molecule has 0 atom stereocenters. The molecule has 22 heavy (non-hydrogen) atoms. The lowest BCUT2D eigenvalue weighted by molar-refractivity contribution is 0.253. The molecule has 1 N–H and O–H groups in total. The van der Waals surface area contributed by atoms with Gasteiger partial charge in [-0.05, 0) is 58.9 Å². The summed E-state index contributed by atoms with van der Waals surface area (Å²) in [6, 6.07) is 8.12. The third-order valence-electron chi connectivity index (χ3n) is 3.61. The van der Waals surface area contributed by atoms with E-state index < -0.39 is 0 Å². The van der Waals surface area contributed by atoms with Crippen molar-refractivity contribution in [3.8, 4) is 0 Å². The van der Waals surface area contributed by atoms with Crippen molar-refractivity contribution in [2.75, 3.05) is 18.0 Å². The Labute approximate surface area is 132 Å². The number of hydrogen-bond donors (Lipinski definition) is 1. The van der Waals surface area contributed by atoms with Crippen LogP contribution in [0.15, 0.2) is 34.4 Å². The minimum absolute atomic E-state index is 0.211. The number of benzene rings is 1. The second-order valence-corrected chi connectivity index (χ2v) is 6.26. The summed E-state index contributed by atoms with van der Waals surface area (Å²) < 4.78 is 0. The van der Waals surface area contributed by atoms with Crippen molar-refractivity contribution in [1.29, 1.82) is 5.41 Å². The summed E-state index contributed by atoms with van der Waals surface area (Å²) in [7, 11) is 0. The molecule has 118 valence electrons. The lowest BCUT2D eigenvalue weighted by atomic mass is 10.1. The summed E-state index contributed by atoms with van der Waals surface area (Å²) in [4.78, 5) is 6.83. The molecule has 0 aliphatic carbocycles. The highest BCUT2D eigenvalue weighted by Gasteiger charge is 2.30. The van der Waals surface area contributed by atoms with Gasteiger partial charge in [-0.1, -0.05) is 0 Å². The van der Waals surface area contributed by atoms with Crippen LogP contribution in [0, 0.1) is 5.41 Å². The molecule has 0 radical (unpaired) electrons. The molecule has 5 nitrogen and oxygen atoms in total. The molecule has 0 unspecified atom stereocenters. The Morgan fingerprint density at radius 2 is 1.73 bits per heavy atom. The fourth-order valence-corrected chi connectivity index (χ4v) is 2.40. The molecule has 1 aromatic rings. The van der Waals surface area contributed by atoms with Gasteiger partial charge in [0, 0.05) is 18.8 Å². The van der Waals surface area contributed by atoms with Crippen LogP contribution in [0.2, 0.25) is 0 Å². The average Bonchev–Trinajstić information content (AvgIpc) is 2.83. The SMILES string of the molecule is CCN(CC)c1ccc(N=C2C=NN(C(C)(C)C)C2=N)cc1. The molecule has 2 rings (SSSR count). The van der Waals surface area contributed by atoms with Gasteiger partial charge in [0.25, 0.3) is 0 Å². The van der Waals surface area contributed by atoms with Gasteiger partial charge >= 0.3 is 0 Å². The molecule has 0 fully saturated rings. The summed E-state index contributed by atoms with van der Waals surface area (Å²) in [5, 5.41) is 14.2. The Morgan fingerprint density at radius 1 is 1.14 bits per heavy atom. The van der Waals surface area contributed by atoms with Crippen molar-refractivity contribution in [2.45, 2.75) is 40.2 Å². The maximum Gasteiger partial charge on any atom is 0.169 e. The van der Waals surface area contributed by atoms with Crippen molar-refractivity contribution in [3.63, 3.8) is 0 Å². The zero-order valence-corrected chi connectivity index (χ0v) is 14.1. The minimum Gasteiger partial charge on any atom is -0.372 e. The number of amidine groups is 1. The van der Waals surface area contributed by atoms with Crippen molar-refractivity contribution in [3.05, 3.63) is 24.3 Å². The number of rotatable bonds is 4. The van der Waals surface area contributed by atoms with E-state index in [0.717, 1.165) is 18.8 Å². The van der Waals surface area contributed by atoms with E-state index in [1.54, 1.807) is 11.2 Å². The zero-order valence-electron chi connectivity index (χ0n) is 14.1. The monoisotopic (exact) mass is 299 g/mol. The summed E-state index contributed by atoms with van der Waals surface area (Å²) in [5.41, 5.74) is 2.43. The third kappa shape index (κ3) is 3.35. The van der Waals surface area contributed by atoms with E-state index in [0.29, 0.717) is 11.5 Å². The van der Waals surface area contributed by atoms with Gasteiger partial charge in [0.2, 0.25) is 0 Å². The molecular weight excluding hydrogens is 274 g/mol. The fourth-order valence-electron chi connectivity index (χ4n) is 2.40. The maximum atomic E-state index is 8.20. The van der Waals surface area contributed by atoms with Crippen LogP contribution in [0.1, 0.15) is 34.6 Å². The van der Waals surface area contributed by atoms with Gasteiger partial charge in [0.15, 0.2) is 5.84 Å². The highest BCUT2D eigenvalue weighted by Crippen LogP contribution is 2.22. The standard InChI is InChI=1S/C17H25N5/c1-6-21(7-2)14-10-8-13(9-11-14)20-15-12-19-22(16(15)18)17(3,4)5/h8-12,18H,6-7H2,1-5H3. The smallest absolute Gasteiger partial charge is 0.169 e. The Morgan fingerprint density at radius 3 is 2.18 bits per heavy atom. The normalized spacial score (nSPS) is 16.7. The van der Waals surface area contributed by atoms with Gasteiger partial charge < -0.3 is 4.90 Å². The van der Waals surface area contributed by atoms with Crippen LogP contribution in [-0.4, -0.2) is 41.4 Å². The zero-order chi connectivity index (χ0) is 16.3. The van der Waals surface area contributed by atoms with Gasteiger partial charge in [-0.15, -0.1) is 0 Å². The molecule has 0 saturated heterocycles. The van der Waals surface area contributed by atoms with Crippen LogP contribution in [0.3, 0.4) is 0 Å². The molecule has 1 aliphatic heterocycles. The fraction of sp³-hybridized carbons (Fsp3) is 0.471. The molecular formula is C17H25N5. The molecule has 0 bridgehead atoms. The van der Waals surface area contributed by atoms with Gasteiger partial charge in [-0.3, -0.25) is 5.41 Å². The largest absolute Gasteiger partial charge is 0.372 e. The Bertz CT molecular complexity index is 588. The van der Waals surface area contributed by atoms with E-state index in [4.69, 9.17) is 5.41 Å². The Hall–Kier alpha value is -2.17. The van der Waals surface area contributed by atoms with Crippen LogP contribution >= 0.6 is 0 Å². The quantitative estimate of drug-likeness (QED) is 0.922. The first-order valence-electron chi connectivity index (χ1n) is 7.73. The van der Waals surface area contributed by atoms with Crippen molar-refractivity contribution in [1.82, 2.24) is 5.01 Å². The van der Waals surface area contributed by atoms with E-state index in [2.05, 4.69) is 41.0 Å². The van der Waals surface area contributed by atoms with Gasteiger partial charge in [-0.25, -0.2) is 10.0 Å². The number of aliphatic imine (C=N–C) groups is 1. The maximum absolute atomic E-state index is 8.20. The lowest BCUT2D eigenvalue weighted by Gasteiger charge is -2.29. The second-order valence-electron chi connectivity index (χ2n) is 6.26. The highest BCUT2D eigenvalue weighted by atomic mass is 15.5. The van der Waals surface area contributed by atoms with Crippen LogP contribution in [0.25, 0.3) is 0 Å². The first-order chi connectivity index (χ1) is 10.4. The number of nitrogens with one attached hydrogen (secondary N) is 1. The minimum atomic E-state index is -0.211. The van der Waals surface area contributed by atoms with Crippen LogP contribution < -0.4 is 4.90 Å². The predicted molar refractivity (Wildman–Crippen MR) is 94.9 cm³/mol. The number of hydrogen-bond acceptors (Lipinski definition) is 4. The summed E-state index contributed by atoms with van der Waals surface area (Å²) >= 11 is 0. The number of nitrogens with zero attached hydrogens (tertiary/aromatic N) is 4. The number of anilines is 1. The molecule has 5 heteroatoms. The Balaban J connectivity index is 2.18. The van der Waals surface area contributed by atoms with E-state index in [-0.39, 0.29) is 5.54 Å². The molecule has 1 aromatic carbocycles. The molecule has 0 amide bonds. The molecule has 0 spiro atoms. The summed E-state index contributed by atoms with van der Waals surface area (Å²) in [6.45, 7) is 12.4. The average molecular weight is 299 g/mol. The summed E-state index contributed by atoms with van der Waals surface area (Å²) in [5.74, 6) is 0.348. The van der Waals surface area contributed by atoms with E-state index in [1.165, 1.54) is 5.69 Å².